The van der Waals surface area contributed by atoms with Crippen molar-refractivity contribution in [2.75, 3.05) is 32.8 Å². The van der Waals surface area contributed by atoms with Crippen LogP contribution in [-0.2, 0) is 4.74 Å². The van der Waals surface area contributed by atoms with Crippen LogP contribution in [0.25, 0.3) is 0 Å². The number of likely N-dealkylation sites (tertiary alicyclic amines) is 2. The van der Waals surface area contributed by atoms with Gasteiger partial charge in [0.2, 0.25) is 0 Å². The lowest BCUT2D eigenvalue weighted by Gasteiger charge is -2.48. The molecule has 3 saturated heterocycles. The Bertz CT molecular complexity index is 563. The SMILES string of the molecule is O=C(c1ccccn1)N1CCC2(CC1)CC(N1CCCC1)CCO2. The van der Waals surface area contributed by atoms with Crippen LogP contribution in [0.2, 0.25) is 0 Å². The van der Waals surface area contributed by atoms with Crippen LogP contribution in [0.3, 0.4) is 0 Å². The highest BCUT2D eigenvalue weighted by molar-refractivity contribution is 5.92. The van der Waals surface area contributed by atoms with Crippen molar-refractivity contribution in [1.82, 2.24) is 14.8 Å². The summed E-state index contributed by atoms with van der Waals surface area (Å²) in [4.78, 5) is 21.4. The molecule has 4 rings (SSSR count). The van der Waals surface area contributed by atoms with Crippen LogP contribution in [0.5, 0.6) is 0 Å². The van der Waals surface area contributed by atoms with Crippen molar-refractivity contribution < 1.29 is 9.53 Å². The van der Waals surface area contributed by atoms with E-state index in [1.807, 2.05) is 17.0 Å². The van der Waals surface area contributed by atoms with Crippen molar-refractivity contribution in [3.63, 3.8) is 0 Å². The van der Waals surface area contributed by atoms with E-state index in [1.165, 1.54) is 32.4 Å². The van der Waals surface area contributed by atoms with Gasteiger partial charge in [0.05, 0.1) is 5.60 Å². The molecule has 0 bridgehead atoms. The van der Waals surface area contributed by atoms with Gasteiger partial charge in [0.15, 0.2) is 0 Å². The minimum absolute atomic E-state index is 0.00754. The molecule has 5 nitrogen and oxygen atoms in total. The lowest BCUT2D eigenvalue weighted by Crippen LogP contribution is -2.54. The molecule has 4 heterocycles. The Morgan fingerprint density at radius 2 is 1.96 bits per heavy atom. The first kappa shape index (κ1) is 16.0. The number of piperidine rings is 1. The van der Waals surface area contributed by atoms with Crippen molar-refractivity contribution in [3.8, 4) is 0 Å². The van der Waals surface area contributed by atoms with Crippen LogP contribution in [0, 0.1) is 0 Å². The smallest absolute Gasteiger partial charge is 0.272 e. The van der Waals surface area contributed by atoms with Gasteiger partial charge in [-0.3, -0.25) is 9.78 Å². The second-order valence-electron chi connectivity index (χ2n) is 7.43. The van der Waals surface area contributed by atoms with Gasteiger partial charge in [-0.2, -0.15) is 0 Å². The largest absolute Gasteiger partial charge is 0.375 e. The number of carbonyl (C=O) groups is 1. The molecular formula is C19H27N3O2. The number of amides is 1. The van der Waals surface area contributed by atoms with E-state index in [4.69, 9.17) is 4.74 Å². The monoisotopic (exact) mass is 329 g/mol. The molecule has 0 aromatic carbocycles. The summed E-state index contributed by atoms with van der Waals surface area (Å²) in [5.41, 5.74) is 0.541. The predicted molar refractivity (Wildman–Crippen MR) is 91.9 cm³/mol. The predicted octanol–water partition coefficient (Wildman–Crippen LogP) is 2.33. The molecule has 1 spiro atoms. The summed E-state index contributed by atoms with van der Waals surface area (Å²) in [6.45, 7) is 4.94. The summed E-state index contributed by atoms with van der Waals surface area (Å²) in [7, 11) is 0. The van der Waals surface area contributed by atoms with Gasteiger partial charge in [0, 0.05) is 31.9 Å². The highest BCUT2D eigenvalue weighted by atomic mass is 16.5. The van der Waals surface area contributed by atoms with Gasteiger partial charge in [0.25, 0.3) is 5.91 Å². The number of nitrogens with zero attached hydrogens (tertiary/aromatic N) is 3. The number of hydrogen-bond donors (Lipinski definition) is 0. The van der Waals surface area contributed by atoms with Gasteiger partial charge in [0.1, 0.15) is 5.69 Å². The van der Waals surface area contributed by atoms with Gasteiger partial charge < -0.3 is 14.5 Å². The molecule has 130 valence electrons. The fourth-order valence-electron chi connectivity index (χ4n) is 4.54. The third-order valence-corrected chi connectivity index (χ3v) is 5.97. The number of rotatable bonds is 2. The van der Waals surface area contributed by atoms with Crippen LogP contribution in [0.4, 0.5) is 0 Å². The first-order valence-electron chi connectivity index (χ1n) is 9.34. The molecule has 3 aliphatic rings. The van der Waals surface area contributed by atoms with Crippen molar-refractivity contribution in [1.29, 1.82) is 0 Å². The molecule has 0 saturated carbocycles. The highest BCUT2D eigenvalue weighted by Crippen LogP contribution is 2.37. The number of pyridine rings is 1. The van der Waals surface area contributed by atoms with Crippen LogP contribution >= 0.6 is 0 Å². The van der Waals surface area contributed by atoms with E-state index >= 15 is 0 Å². The molecule has 0 aliphatic carbocycles. The molecule has 3 aliphatic heterocycles. The number of carbonyl (C=O) groups excluding carboxylic acids is 1. The average Bonchev–Trinajstić information content (AvgIpc) is 3.17. The Hall–Kier alpha value is -1.46. The molecule has 1 aromatic rings. The number of hydrogen-bond acceptors (Lipinski definition) is 4. The summed E-state index contributed by atoms with van der Waals surface area (Å²) in [6.07, 6.45) is 8.58. The van der Waals surface area contributed by atoms with E-state index in [0.29, 0.717) is 11.7 Å². The molecule has 1 amide bonds. The fraction of sp³-hybridized carbons (Fsp3) is 0.684. The molecule has 1 unspecified atom stereocenters. The maximum Gasteiger partial charge on any atom is 0.272 e. The second kappa shape index (κ2) is 6.81. The summed E-state index contributed by atoms with van der Waals surface area (Å²) in [5, 5.41) is 0. The van der Waals surface area contributed by atoms with Gasteiger partial charge in [-0.1, -0.05) is 6.07 Å². The van der Waals surface area contributed by atoms with Crippen LogP contribution in [-0.4, -0.2) is 65.1 Å². The summed E-state index contributed by atoms with van der Waals surface area (Å²) >= 11 is 0. The molecule has 0 N–H and O–H groups in total. The van der Waals surface area contributed by atoms with Crippen LogP contribution in [0.15, 0.2) is 24.4 Å². The quantitative estimate of drug-likeness (QED) is 0.835. The maximum absolute atomic E-state index is 12.6. The number of ether oxygens (including phenoxy) is 1. The Balaban J connectivity index is 1.37. The van der Waals surface area contributed by atoms with E-state index in [-0.39, 0.29) is 11.5 Å². The van der Waals surface area contributed by atoms with Gasteiger partial charge in [-0.15, -0.1) is 0 Å². The third-order valence-electron chi connectivity index (χ3n) is 5.97. The molecular weight excluding hydrogens is 302 g/mol. The van der Waals surface area contributed by atoms with Crippen molar-refractivity contribution in [2.45, 2.75) is 50.2 Å². The van der Waals surface area contributed by atoms with E-state index in [2.05, 4.69) is 9.88 Å². The Morgan fingerprint density at radius 3 is 2.67 bits per heavy atom. The first-order valence-corrected chi connectivity index (χ1v) is 9.34. The standard InChI is InChI=1S/C19H27N3O2/c23-18(17-5-1-2-9-20-17)22-12-7-19(8-13-22)15-16(6-14-24-19)21-10-3-4-11-21/h1-2,5,9,16H,3-4,6-8,10-15H2. The summed E-state index contributed by atoms with van der Waals surface area (Å²) < 4.78 is 6.25. The minimum atomic E-state index is -0.00754. The zero-order valence-electron chi connectivity index (χ0n) is 14.3. The molecule has 0 radical (unpaired) electrons. The Labute approximate surface area is 144 Å². The average molecular weight is 329 g/mol. The lowest BCUT2D eigenvalue weighted by molar-refractivity contribution is -0.128. The van der Waals surface area contributed by atoms with Gasteiger partial charge in [-0.05, 0) is 63.7 Å². The topological polar surface area (TPSA) is 45.7 Å². The van der Waals surface area contributed by atoms with Crippen molar-refractivity contribution in [3.05, 3.63) is 30.1 Å². The molecule has 5 heteroatoms. The second-order valence-corrected chi connectivity index (χ2v) is 7.43. The normalized spacial score (nSPS) is 27.5. The molecule has 3 fully saturated rings. The lowest BCUT2D eigenvalue weighted by atomic mass is 9.82. The van der Waals surface area contributed by atoms with E-state index in [9.17, 15) is 4.79 Å². The van der Waals surface area contributed by atoms with Crippen molar-refractivity contribution in [2.24, 2.45) is 0 Å². The first-order chi connectivity index (χ1) is 11.8. The summed E-state index contributed by atoms with van der Waals surface area (Å²) in [5.74, 6) is 0.0531. The van der Waals surface area contributed by atoms with Crippen LogP contribution in [0.1, 0.15) is 49.0 Å². The Kier molecular flexibility index (Phi) is 4.55. The van der Waals surface area contributed by atoms with Gasteiger partial charge >= 0.3 is 0 Å². The fourth-order valence-corrected chi connectivity index (χ4v) is 4.54. The highest BCUT2D eigenvalue weighted by Gasteiger charge is 2.42. The molecule has 1 aromatic heterocycles. The zero-order valence-corrected chi connectivity index (χ0v) is 14.3. The van der Waals surface area contributed by atoms with Gasteiger partial charge in [-0.25, -0.2) is 0 Å². The zero-order chi connectivity index (χ0) is 16.4. The third kappa shape index (κ3) is 3.20. The maximum atomic E-state index is 12.6. The molecule has 1 atom stereocenters. The van der Waals surface area contributed by atoms with E-state index in [0.717, 1.165) is 39.0 Å². The molecule has 24 heavy (non-hydrogen) atoms. The van der Waals surface area contributed by atoms with Crippen molar-refractivity contribution >= 4 is 5.91 Å². The van der Waals surface area contributed by atoms with E-state index < -0.39 is 0 Å². The number of aromatic nitrogens is 1. The Morgan fingerprint density at radius 1 is 1.17 bits per heavy atom. The van der Waals surface area contributed by atoms with E-state index in [1.54, 1.807) is 12.3 Å². The minimum Gasteiger partial charge on any atom is -0.375 e. The summed E-state index contributed by atoms with van der Waals surface area (Å²) in [6, 6.07) is 6.19. The van der Waals surface area contributed by atoms with Crippen LogP contribution < -0.4 is 0 Å².